The van der Waals surface area contributed by atoms with Crippen molar-refractivity contribution in [1.29, 1.82) is 0 Å². The highest BCUT2D eigenvalue weighted by molar-refractivity contribution is 14.1. The van der Waals surface area contributed by atoms with E-state index >= 15 is 0 Å². The molecule has 1 heterocycles. The molecule has 1 amide bonds. The van der Waals surface area contributed by atoms with E-state index in [9.17, 15) is 4.79 Å². The molecule has 2 nitrogen and oxygen atoms in total. The third-order valence-corrected chi connectivity index (χ3v) is 6.56. The van der Waals surface area contributed by atoms with Gasteiger partial charge in [-0.1, -0.05) is 22.9 Å². The number of carbonyl (C=O) groups excluding carboxylic acids is 1. The molecule has 0 saturated heterocycles. The first-order valence-corrected chi connectivity index (χ1v) is 9.25. The van der Waals surface area contributed by atoms with Gasteiger partial charge in [0.1, 0.15) is 0 Å². The second-order valence-corrected chi connectivity index (χ2v) is 8.56. The SMILES string of the molecule is CC1CCC(CBr)(NC(=O)c2csc(I)c2)CC1. The number of hydrogen-bond acceptors (Lipinski definition) is 2. The summed E-state index contributed by atoms with van der Waals surface area (Å²) in [4.78, 5) is 12.2. The van der Waals surface area contributed by atoms with Crippen LogP contribution in [0.1, 0.15) is 43.0 Å². The van der Waals surface area contributed by atoms with Crippen LogP contribution in [0.25, 0.3) is 0 Å². The molecule has 1 aromatic heterocycles. The van der Waals surface area contributed by atoms with Crippen LogP contribution in [0, 0.1) is 8.80 Å². The van der Waals surface area contributed by atoms with Gasteiger partial charge in [-0.25, -0.2) is 0 Å². The maximum absolute atomic E-state index is 12.2. The molecule has 1 fully saturated rings. The van der Waals surface area contributed by atoms with Crippen LogP contribution in [0.2, 0.25) is 0 Å². The Morgan fingerprint density at radius 3 is 2.78 bits per heavy atom. The Morgan fingerprint density at radius 1 is 1.61 bits per heavy atom. The highest BCUT2D eigenvalue weighted by Gasteiger charge is 2.34. The zero-order chi connectivity index (χ0) is 13.2. The lowest BCUT2D eigenvalue weighted by Crippen LogP contribution is -2.51. The van der Waals surface area contributed by atoms with Gasteiger partial charge in [-0.2, -0.15) is 0 Å². The fourth-order valence-corrected chi connectivity index (χ4v) is 4.38. The van der Waals surface area contributed by atoms with E-state index in [1.54, 1.807) is 11.3 Å². The molecular weight excluding hydrogens is 425 g/mol. The van der Waals surface area contributed by atoms with Crippen LogP contribution in [0.4, 0.5) is 0 Å². The highest BCUT2D eigenvalue weighted by Crippen LogP contribution is 2.33. The fourth-order valence-electron chi connectivity index (χ4n) is 2.35. The van der Waals surface area contributed by atoms with Crippen LogP contribution in [-0.2, 0) is 0 Å². The quantitative estimate of drug-likeness (QED) is 0.545. The molecule has 18 heavy (non-hydrogen) atoms. The number of nitrogens with one attached hydrogen (secondary N) is 1. The summed E-state index contributed by atoms with van der Waals surface area (Å²) in [7, 11) is 0. The smallest absolute Gasteiger partial charge is 0.252 e. The fraction of sp³-hybridized carbons (Fsp3) is 0.615. The van der Waals surface area contributed by atoms with E-state index in [4.69, 9.17) is 0 Å². The normalized spacial score (nSPS) is 28.1. The molecule has 0 atom stereocenters. The van der Waals surface area contributed by atoms with E-state index in [-0.39, 0.29) is 11.4 Å². The van der Waals surface area contributed by atoms with Gasteiger partial charge in [-0.15, -0.1) is 11.3 Å². The molecule has 0 aliphatic heterocycles. The summed E-state index contributed by atoms with van der Waals surface area (Å²) in [5.74, 6) is 0.861. The molecule has 0 radical (unpaired) electrons. The lowest BCUT2D eigenvalue weighted by atomic mass is 9.78. The van der Waals surface area contributed by atoms with Crippen molar-refractivity contribution in [3.8, 4) is 0 Å². The first-order valence-electron chi connectivity index (χ1n) is 6.17. The van der Waals surface area contributed by atoms with Crippen LogP contribution in [0.5, 0.6) is 0 Å². The summed E-state index contributed by atoms with van der Waals surface area (Å²) in [6.45, 7) is 2.29. The third-order valence-electron chi connectivity index (χ3n) is 3.70. The Morgan fingerprint density at radius 2 is 2.28 bits per heavy atom. The molecule has 1 aliphatic rings. The van der Waals surface area contributed by atoms with Crippen LogP contribution < -0.4 is 5.32 Å². The molecule has 1 aromatic rings. The van der Waals surface area contributed by atoms with Crippen molar-refractivity contribution >= 4 is 55.8 Å². The molecule has 2 rings (SSSR count). The first-order chi connectivity index (χ1) is 8.54. The van der Waals surface area contributed by atoms with Gasteiger partial charge in [-0.05, 0) is 60.3 Å². The Bertz CT molecular complexity index is 426. The summed E-state index contributed by atoms with van der Waals surface area (Å²) >= 11 is 7.45. The van der Waals surface area contributed by atoms with Crippen LogP contribution in [0.3, 0.4) is 0 Å². The van der Waals surface area contributed by atoms with Crippen LogP contribution in [0.15, 0.2) is 11.4 Å². The van der Waals surface area contributed by atoms with Crippen molar-refractivity contribution in [3.63, 3.8) is 0 Å². The molecule has 0 unspecified atom stereocenters. The molecular formula is C13H17BrINOS. The van der Waals surface area contributed by atoms with E-state index < -0.39 is 0 Å². The minimum absolute atomic E-state index is 0.0447. The summed E-state index contributed by atoms with van der Waals surface area (Å²) in [5, 5.41) is 6.03. The van der Waals surface area contributed by atoms with Crippen molar-refractivity contribution in [2.45, 2.75) is 38.1 Å². The van der Waals surface area contributed by atoms with Crippen molar-refractivity contribution in [2.75, 3.05) is 5.33 Å². The number of alkyl halides is 1. The topological polar surface area (TPSA) is 29.1 Å². The molecule has 0 bridgehead atoms. The van der Waals surface area contributed by atoms with E-state index in [0.29, 0.717) is 0 Å². The Labute approximate surface area is 134 Å². The van der Waals surface area contributed by atoms with Crippen molar-refractivity contribution in [3.05, 3.63) is 19.9 Å². The summed E-state index contributed by atoms with van der Waals surface area (Å²) in [5.41, 5.74) is 0.750. The Hall–Kier alpha value is 0.380. The van der Waals surface area contributed by atoms with Gasteiger partial charge in [-0.3, -0.25) is 4.79 Å². The molecule has 1 aliphatic carbocycles. The average molecular weight is 442 g/mol. The third kappa shape index (κ3) is 3.48. The standard InChI is InChI=1S/C13H17BrINOS/c1-9-2-4-13(8-14,5-3-9)16-12(17)10-6-11(15)18-7-10/h6-7,9H,2-5,8H2,1H3,(H,16,17). The predicted octanol–water partition coefficient (Wildman–Crippen LogP) is 4.43. The summed E-state index contributed by atoms with van der Waals surface area (Å²) < 4.78 is 1.16. The number of carbonyl (C=O) groups is 1. The molecule has 5 heteroatoms. The first kappa shape index (κ1) is 14.8. The molecule has 100 valence electrons. The number of thiophene rings is 1. The molecule has 0 aromatic carbocycles. The van der Waals surface area contributed by atoms with Gasteiger partial charge in [0.15, 0.2) is 0 Å². The Kier molecular flexibility index (Phi) is 5.11. The molecule has 0 spiro atoms. The molecule has 1 N–H and O–H groups in total. The summed E-state index contributed by atoms with van der Waals surface area (Å²) in [6.07, 6.45) is 4.55. The maximum Gasteiger partial charge on any atom is 0.252 e. The van der Waals surface area contributed by atoms with Gasteiger partial charge in [0, 0.05) is 10.7 Å². The van der Waals surface area contributed by atoms with Crippen LogP contribution in [-0.4, -0.2) is 16.8 Å². The maximum atomic E-state index is 12.2. The van der Waals surface area contributed by atoms with Crippen molar-refractivity contribution < 1.29 is 4.79 Å². The average Bonchev–Trinajstić information content (AvgIpc) is 2.79. The monoisotopic (exact) mass is 441 g/mol. The zero-order valence-corrected chi connectivity index (χ0v) is 14.9. The Balaban J connectivity index is 2.04. The lowest BCUT2D eigenvalue weighted by Gasteiger charge is -2.38. The van der Waals surface area contributed by atoms with E-state index in [1.165, 1.54) is 12.8 Å². The van der Waals surface area contributed by atoms with Gasteiger partial charge in [0.2, 0.25) is 0 Å². The second kappa shape index (κ2) is 6.22. The number of halogens is 2. The largest absolute Gasteiger partial charge is 0.346 e. The minimum atomic E-state index is -0.0447. The van der Waals surface area contributed by atoms with Gasteiger partial charge in [0.05, 0.1) is 14.0 Å². The van der Waals surface area contributed by atoms with E-state index in [1.807, 2.05) is 11.4 Å². The van der Waals surface area contributed by atoms with Gasteiger partial charge < -0.3 is 5.32 Å². The minimum Gasteiger partial charge on any atom is -0.346 e. The van der Waals surface area contributed by atoms with Crippen molar-refractivity contribution in [1.82, 2.24) is 5.32 Å². The molecule has 1 saturated carbocycles. The van der Waals surface area contributed by atoms with Gasteiger partial charge in [0.25, 0.3) is 5.91 Å². The van der Waals surface area contributed by atoms with Crippen LogP contribution >= 0.6 is 49.9 Å². The second-order valence-electron chi connectivity index (χ2n) is 5.19. The zero-order valence-electron chi connectivity index (χ0n) is 10.3. The van der Waals surface area contributed by atoms with Gasteiger partial charge >= 0.3 is 0 Å². The number of amides is 1. The predicted molar refractivity (Wildman–Crippen MR) is 88.7 cm³/mol. The summed E-state index contributed by atoms with van der Waals surface area (Å²) in [6, 6.07) is 1.95. The van der Waals surface area contributed by atoms with E-state index in [2.05, 4.69) is 50.8 Å². The van der Waals surface area contributed by atoms with Crippen molar-refractivity contribution in [2.24, 2.45) is 5.92 Å². The highest BCUT2D eigenvalue weighted by atomic mass is 127. The number of hydrogen-bond donors (Lipinski definition) is 1. The van der Waals surface area contributed by atoms with E-state index in [0.717, 1.165) is 32.5 Å². The number of rotatable bonds is 3. The lowest BCUT2D eigenvalue weighted by molar-refractivity contribution is 0.0875.